The first-order valence-electron chi connectivity index (χ1n) is 6.89. The fourth-order valence-electron chi connectivity index (χ4n) is 2.65. The molecule has 2 heterocycles. The standard InChI is InChI=1S/C15H18N2O3/c18-5-1-2-11-8-16-14-4-3-10(7-13(11)14)6-12-9-20-15(19)17-12/h3-4,7-8,12,16,18H,1-2,5-6,9H2,(H,17,19)/t12-/m0/s1. The molecule has 1 aliphatic heterocycles. The lowest BCUT2D eigenvalue weighted by Gasteiger charge is -2.08. The molecule has 0 saturated carbocycles. The number of ether oxygens (including phenoxy) is 1. The van der Waals surface area contributed by atoms with E-state index in [2.05, 4.69) is 28.5 Å². The van der Waals surface area contributed by atoms with Crippen LogP contribution in [0.15, 0.2) is 24.4 Å². The van der Waals surface area contributed by atoms with Gasteiger partial charge in [0.15, 0.2) is 0 Å². The molecule has 0 unspecified atom stereocenters. The molecule has 1 amide bonds. The van der Waals surface area contributed by atoms with Gasteiger partial charge in [-0.3, -0.25) is 0 Å². The average Bonchev–Trinajstić information content (AvgIpc) is 3.03. The highest BCUT2D eigenvalue weighted by Crippen LogP contribution is 2.22. The van der Waals surface area contributed by atoms with Gasteiger partial charge in [0.2, 0.25) is 0 Å². The Hall–Kier alpha value is -2.01. The predicted molar refractivity (Wildman–Crippen MR) is 75.7 cm³/mol. The van der Waals surface area contributed by atoms with Gasteiger partial charge >= 0.3 is 6.09 Å². The van der Waals surface area contributed by atoms with Gasteiger partial charge in [-0.2, -0.15) is 0 Å². The Labute approximate surface area is 116 Å². The molecular formula is C15H18N2O3. The Morgan fingerprint density at radius 3 is 3.05 bits per heavy atom. The normalized spacial score (nSPS) is 18.2. The number of H-pyrrole nitrogens is 1. The van der Waals surface area contributed by atoms with Crippen molar-refractivity contribution < 1.29 is 14.6 Å². The fourth-order valence-corrected chi connectivity index (χ4v) is 2.65. The second-order valence-electron chi connectivity index (χ2n) is 5.16. The molecule has 0 bridgehead atoms. The molecule has 1 fully saturated rings. The minimum absolute atomic E-state index is 0.0554. The van der Waals surface area contributed by atoms with Crippen molar-refractivity contribution in [2.45, 2.75) is 25.3 Å². The number of benzene rings is 1. The van der Waals surface area contributed by atoms with Gasteiger partial charge in [0.05, 0.1) is 6.04 Å². The van der Waals surface area contributed by atoms with Crippen LogP contribution < -0.4 is 5.32 Å². The van der Waals surface area contributed by atoms with E-state index in [0.717, 1.165) is 24.8 Å². The highest BCUT2D eigenvalue weighted by Gasteiger charge is 2.22. The summed E-state index contributed by atoms with van der Waals surface area (Å²) in [4.78, 5) is 14.3. The number of aliphatic hydroxyl groups excluding tert-OH is 1. The topological polar surface area (TPSA) is 74.4 Å². The number of aryl methyl sites for hydroxylation is 1. The van der Waals surface area contributed by atoms with Crippen molar-refractivity contribution in [1.29, 1.82) is 0 Å². The third-order valence-electron chi connectivity index (χ3n) is 3.66. The molecule has 3 rings (SSSR count). The van der Waals surface area contributed by atoms with Gasteiger partial charge in [-0.1, -0.05) is 6.07 Å². The monoisotopic (exact) mass is 274 g/mol. The first kappa shape index (κ1) is 13.0. The van der Waals surface area contributed by atoms with Crippen LogP contribution in [0.2, 0.25) is 0 Å². The number of hydrogen-bond donors (Lipinski definition) is 3. The molecule has 0 aliphatic carbocycles. The summed E-state index contributed by atoms with van der Waals surface area (Å²) in [6.45, 7) is 0.638. The third kappa shape index (κ3) is 2.63. The summed E-state index contributed by atoms with van der Waals surface area (Å²) >= 11 is 0. The van der Waals surface area contributed by atoms with Gasteiger partial charge < -0.3 is 20.1 Å². The molecule has 106 valence electrons. The van der Waals surface area contributed by atoms with Crippen LogP contribution in [0.3, 0.4) is 0 Å². The van der Waals surface area contributed by atoms with Gasteiger partial charge in [0.1, 0.15) is 6.61 Å². The molecule has 2 aromatic rings. The van der Waals surface area contributed by atoms with E-state index in [-0.39, 0.29) is 18.7 Å². The van der Waals surface area contributed by atoms with Crippen LogP contribution in [0.4, 0.5) is 4.79 Å². The molecule has 5 heteroatoms. The van der Waals surface area contributed by atoms with Gasteiger partial charge in [-0.25, -0.2) is 4.79 Å². The average molecular weight is 274 g/mol. The second-order valence-corrected chi connectivity index (χ2v) is 5.16. The zero-order valence-corrected chi connectivity index (χ0v) is 11.2. The Bertz CT molecular complexity index is 621. The minimum Gasteiger partial charge on any atom is -0.447 e. The van der Waals surface area contributed by atoms with Crippen LogP contribution in [0, 0.1) is 0 Å². The summed E-state index contributed by atoms with van der Waals surface area (Å²) in [6, 6.07) is 6.34. The van der Waals surface area contributed by atoms with Gasteiger partial charge in [0.25, 0.3) is 0 Å². The van der Waals surface area contributed by atoms with Crippen molar-refractivity contribution in [3.05, 3.63) is 35.5 Å². The van der Waals surface area contributed by atoms with E-state index in [1.165, 1.54) is 16.5 Å². The number of carbonyl (C=O) groups excluding carboxylic acids is 1. The van der Waals surface area contributed by atoms with Crippen molar-refractivity contribution in [3.8, 4) is 0 Å². The van der Waals surface area contributed by atoms with Crippen LogP contribution in [0.1, 0.15) is 17.5 Å². The molecule has 1 atom stereocenters. The molecular weight excluding hydrogens is 256 g/mol. The molecule has 5 nitrogen and oxygen atoms in total. The Morgan fingerprint density at radius 1 is 1.40 bits per heavy atom. The summed E-state index contributed by atoms with van der Waals surface area (Å²) in [7, 11) is 0. The smallest absolute Gasteiger partial charge is 0.407 e. The number of nitrogens with one attached hydrogen (secondary N) is 2. The highest BCUT2D eigenvalue weighted by molar-refractivity contribution is 5.84. The first-order chi connectivity index (χ1) is 9.76. The van der Waals surface area contributed by atoms with Crippen molar-refractivity contribution in [3.63, 3.8) is 0 Å². The van der Waals surface area contributed by atoms with Crippen LogP contribution in [-0.4, -0.2) is 35.4 Å². The quantitative estimate of drug-likeness (QED) is 0.777. The molecule has 0 radical (unpaired) electrons. The number of aromatic nitrogens is 1. The van der Waals surface area contributed by atoms with E-state index in [1.54, 1.807) is 0 Å². The van der Waals surface area contributed by atoms with E-state index in [1.807, 2.05) is 6.20 Å². The lowest BCUT2D eigenvalue weighted by molar-refractivity contribution is 0.177. The number of hydrogen-bond acceptors (Lipinski definition) is 3. The SMILES string of the molecule is O=C1N[C@@H](Cc2ccc3[nH]cc(CCCO)c3c2)CO1. The van der Waals surface area contributed by atoms with Crippen molar-refractivity contribution in [2.24, 2.45) is 0 Å². The predicted octanol–water partition coefficient (Wildman–Crippen LogP) is 1.74. The van der Waals surface area contributed by atoms with Crippen molar-refractivity contribution >= 4 is 17.0 Å². The van der Waals surface area contributed by atoms with E-state index in [9.17, 15) is 4.79 Å². The Balaban J connectivity index is 1.79. The minimum atomic E-state index is -0.332. The first-order valence-corrected chi connectivity index (χ1v) is 6.89. The van der Waals surface area contributed by atoms with Gasteiger partial charge in [-0.15, -0.1) is 0 Å². The number of amides is 1. The van der Waals surface area contributed by atoms with Crippen LogP contribution in [-0.2, 0) is 17.6 Å². The zero-order chi connectivity index (χ0) is 13.9. The maximum Gasteiger partial charge on any atom is 0.407 e. The summed E-state index contributed by atoms with van der Waals surface area (Å²) < 4.78 is 4.90. The van der Waals surface area contributed by atoms with Crippen molar-refractivity contribution in [2.75, 3.05) is 13.2 Å². The summed E-state index contributed by atoms with van der Waals surface area (Å²) in [5, 5.41) is 12.9. The zero-order valence-electron chi connectivity index (χ0n) is 11.2. The fraction of sp³-hybridized carbons (Fsp3) is 0.400. The van der Waals surface area contributed by atoms with Gasteiger partial charge in [-0.05, 0) is 42.5 Å². The number of rotatable bonds is 5. The molecule has 0 spiro atoms. The third-order valence-corrected chi connectivity index (χ3v) is 3.66. The lowest BCUT2D eigenvalue weighted by Crippen LogP contribution is -2.28. The molecule has 1 aromatic carbocycles. The number of aliphatic hydroxyl groups is 1. The summed E-state index contributed by atoms with van der Waals surface area (Å²) in [5.41, 5.74) is 3.51. The Morgan fingerprint density at radius 2 is 2.30 bits per heavy atom. The van der Waals surface area contributed by atoms with Crippen LogP contribution in [0.25, 0.3) is 10.9 Å². The van der Waals surface area contributed by atoms with E-state index < -0.39 is 0 Å². The number of alkyl carbamates (subject to hydrolysis) is 1. The number of carbonyl (C=O) groups is 1. The van der Waals surface area contributed by atoms with Gasteiger partial charge in [0, 0.05) is 23.7 Å². The molecule has 1 saturated heterocycles. The second kappa shape index (κ2) is 5.54. The maximum atomic E-state index is 11.0. The lowest BCUT2D eigenvalue weighted by atomic mass is 10.0. The Kier molecular flexibility index (Phi) is 3.60. The molecule has 1 aromatic heterocycles. The van der Waals surface area contributed by atoms with E-state index in [4.69, 9.17) is 9.84 Å². The summed E-state index contributed by atoms with van der Waals surface area (Å²) in [6.07, 6.45) is 4.07. The van der Waals surface area contributed by atoms with E-state index >= 15 is 0 Å². The number of aromatic amines is 1. The maximum absolute atomic E-state index is 11.0. The van der Waals surface area contributed by atoms with E-state index in [0.29, 0.717) is 6.61 Å². The number of cyclic esters (lactones) is 1. The summed E-state index contributed by atoms with van der Waals surface area (Å²) in [5.74, 6) is 0. The van der Waals surface area contributed by atoms with Crippen LogP contribution in [0.5, 0.6) is 0 Å². The largest absolute Gasteiger partial charge is 0.447 e. The van der Waals surface area contributed by atoms with Crippen molar-refractivity contribution in [1.82, 2.24) is 10.3 Å². The molecule has 1 aliphatic rings. The molecule has 20 heavy (non-hydrogen) atoms. The number of fused-ring (bicyclic) bond motifs is 1. The van der Waals surface area contributed by atoms with Crippen LogP contribution >= 0.6 is 0 Å². The highest BCUT2D eigenvalue weighted by atomic mass is 16.6. The molecule has 3 N–H and O–H groups in total.